The maximum Gasteiger partial charge on any atom is 0.424 e. The number of rotatable bonds is 6. The summed E-state index contributed by atoms with van der Waals surface area (Å²) in [6, 6.07) is 0. The van der Waals surface area contributed by atoms with Gasteiger partial charge in [-0.3, -0.25) is 0 Å². The van der Waals surface area contributed by atoms with E-state index in [1.165, 1.54) is 14.2 Å². The molecule has 13 heavy (non-hydrogen) atoms. The van der Waals surface area contributed by atoms with E-state index in [-0.39, 0.29) is 5.20 Å². The molecule has 0 fully saturated rings. The van der Waals surface area contributed by atoms with Crippen molar-refractivity contribution in [2.45, 2.75) is 19.8 Å². The maximum absolute atomic E-state index is 10.7. The summed E-state index contributed by atoms with van der Waals surface area (Å²) in [5.74, 6) is -1.20. The summed E-state index contributed by atoms with van der Waals surface area (Å²) in [5, 5.41) is 10.8. The Bertz CT molecular complexity index is 187. The van der Waals surface area contributed by atoms with Crippen molar-refractivity contribution >= 4 is 15.3 Å². The summed E-state index contributed by atoms with van der Waals surface area (Å²) in [6.45, 7) is 1.97. The molecule has 0 aliphatic carbocycles. The summed E-state index contributed by atoms with van der Waals surface area (Å²) in [5.41, 5.74) is 0. The quantitative estimate of drug-likeness (QED) is 0.441. The van der Waals surface area contributed by atoms with Crippen LogP contribution in [0.15, 0.2) is 11.3 Å². The molecule has 0 unspecified atom stereocenters. The second kappa shape index (κ2) is 6.82. The highest BCUT2D eigenvalue weighted by molar-refractivity contribution is 6.60. The van der Waals surface area contributed by atoms with Gasteiger partial charge in [-0.1, -0.05) is 19.4 Å². The fourth-order valence-electron chi connectivity index (χ4n) is 0.842. The lowest BCUT2D eigenvalue weighted by Gasteiger charge is -2.14. The van der Waals surface area contributed by atoms with E-state index in [9.17, 15) is 9.90 Å². The summed E-state index contributed by atoms with van der Waals surface area (Å²) >= 11 is 0. The van der Waals surface area contributed by atoms with Crippen LogP contribution in [0.4, 0.5) is 0 Å². The van der Waals surface area contributed by atoms with Gasteiger partial charge in [-0.25, -0.2) is 0 Å². The number of hydrogen-bond donors (Lipinski definition) is 0. The fraction of sp³-hybridized carbons (Fsp3) is 0.625. The van der Waals surface area contributed by atoms with E-state index in [0.29, 0.717) is 6.42 Å². The van der Waals surface area contributed by atoms with E-state index in [0.717, 1.165) is 6.42 Å². The summed E-state index contributed by atoms with van der Waals surface area (Å²) in [7, 11) is 1.03. The van der Waals surface area contributed by atoms with Crippen LogP contribution in [0.3, 0.4) is 0 Å². The van der Waals surface area contributed by atoms with Crippen molar-refractivity contribution in [1.29, 1.82) is 0 Å². The minimum absolute atomic E-state index is 0.150. The van der Waals surface area contributed by atoms with Gasteiger partial charge in [0.1, 0.15) is 0 Å². The molecule has 0 bridgehead atoms. The van der Waals surface area contributed by atoms with Gasteiger partial charge in [0.25, 0.3) is 0 Å². The van der Waals surface area contributed by atoms with E-state index in [1.54, 1.807) is 6.08 Å². The molecule has 0 heterocycles. The van der Waals surface area contributed by atoms with Crippen LogP contribution in [0.25, 0.3) is 0 Å². The molecule has 0 aliphatic heterocycles. The number of allylic oxidation sites excluding steroid dienone is 1. The average Bonchev–Trinajstić information content (AvgIpc) is 2.11. The first-order valence-corrected chi connectivity index (χ1v) is 5.35. The third-order valence-corrected chi connectivity index (χ3v) is 3.04. The van der Waals surface area contributed by atoms with Crippen LogP contribution in [-0.2, 0) is 13.6 Å². The Morgan fingerprint density at radius 3 is 2.31 bits per heavy atom. The minimum atomic E-state index is -1.83. The van der Waals surface area contributed by atoms with Crippen molar-refractivity contribution in [3.05, 3.63) is 11.3 Å². The van der Waals surface area contributed by atoms with Gasteiger partial charge in [0.15, 0.2) is 0 Å². The molecule has 5 heteroatoms. The number of unbranched alkanes of at least 4 members (excludes halogenated alkanes) is 1. The first-order chi connectivity index (χ1) is 6.17. The molecule has 0 N–H and O–H groups in total. The molecule has 0 saturated carbocycles. The highest BCUT2D eigenvalue weighted by Crippen LogP contribution is 2.04. The molecule has 0 spiro atoms. The van der Waals surface area contributed by atoms with Crippen LogP contribution in [0.1, 0.15) is 19.8 Å². The van der Waals surface area contributed by atoms with E-state index in [1.807, 2.05) is 6.92 Å². The van der Waals surface area contributed by atoms with Crippen LogP contribution in [0, 0.1) is 0 Å². The van der Waals surface area contributed by atoms with Crippen LogP contribution in [-0.4, -0.2) is 29.5 Å². The molecule has 4 nitrogen and oxygen atoms in total. The van der Waals surface area contributed by atoms with Gasteiger partial charge in [-0.05, 0) is 6.42 Å². The van der Waals surface area contributed by atoms with Gasteiger partial charge in [-0.2, -0.15) is 0 Å². The Morgan fingerprint density at radius 1 is 1.46 bits per heavy atom. The SMILES string of the molecule is CCC/C=C(\C(=O)[O-])[Si](OC)OC. The van der Waals surface area contributed by atoms with E-state index >= 15 is 0 Å². The lowest BCUT2D eigenvalue weighted by atomic mass is 10.3. The second-order valence-electron chi connectivity index (χ2n) is 2.39. The van der Waals surface area contributed by atoms with Gasteiger partial charge in [0.2, 0.25) is 0 Å². The van der Waals surface area contributed by atoms with Crippen LogP contribution >= 0.6 is 0 Å². The first-order valence-electron chi connectivity index (χ1n) is 4.04. The zero-order valence-electron chi connectivity index (χ0n) is 8.12. The highest BCUT2D eigenvalue weighted by atomic mass is 28.3. The van der Waals surface area contributed by atoms with Crippen LogP contribution in [0.2, 0.25) is 0 Å². The molecule has 0 saturated heterocycles. The maximum atomic E-state index is 10.7. The smallest absolute Gasteiger partial charge is 0.424 e. The predicted octanol–water partition coefficient (Wildman–Crippen LogP) is -0.217. The molecule has 1 radical (unpaired) electrons. The lowest BCUT2D eigenvalue weighted by Crippen LogP contribution is -2.36. The monoisotopic (exact) mass is 202 g/mol. The molecule has 75 valence electrons. The number of carboxylic acid groups (broad SMARTS) is 1. The molecule has 0 aromatic carbocycles. The minimum Gasteiger partial charge on any atom is -0.545 e. The standard InChI is InChI=1S/C8H15O4Si/c1-4-5-6-7(8(9)10)13(11-2)12-3/h6H,4-5H2,1-3H3,(H,9,10)/p-1/b7-6+. The Morgan fingerprint density at radius 2 is 2.00 bits per heavy atom. The van der Waals surface area contributed by atoms with Gasteiger partial charge < -0.3 is 18.8 Å². The first kappa shape index (κ1) is 12.3. The Hall–Kier alpha value is -0.653. The largest absolute Gasteiger partial charge is 0.545 e. The number of carboxylic acids is 1. The Kier molecular flexibility index (Phi) is 6.48. The van der Waals surface area contributed by atoms with Gasteiger partial charge in [-0.15, -0.1) is 0 Å². The van der Waals surface area contributed by atoms with Crippen molar-refractivity contribution < 1.29 is 18.8 Å². The number of carbonyl (C=O) groups is 1. The number of carbonyl (C=O) groups excluding carboxylic acids is 1. The van der Waals surface area contributed by atoms with Gasteiger partial charge in [0.05, 0.1) is 5.97 Å². The zero-order chi connectivity index (χ0) is 10.3. The van der Waals surface area contributed by atoms with Crippen molar-refractivity contribution in [3.63, 3.8) is 0 Å². The van der Waals surface area contributed by atoms with E-state index < -0.39 is 15.3 Å². The molecule has 0 amide bonds. The predicted molar refractivity (Wildman–Crippen MR) is 47.8 cm³/mol. The highest BCUT2D eigenvalue weighted by Gasteiger charge is 2.19. The average molecular weight is 202 g/mol. The molecule has 0 aromatic heterocycles. The summed E-state index contributed by atoms with van der Waals surface area (Å²) in [6.07, 6.45) is 3.19. The summed E-state index contributed by atoms with van der Waals surface area (Å²) in [4.78, 5) is 10.7. The summed E-state index contributed by atoms with van der Waals surface area (Å²) < 4.78 is 9.82. The fourth-order valence-corrected chi connectivity index (χ4v) is 1.93. The van der Waals surface area contributed by atoms with Crippen molar-refractivity contribution in [1.82, 2.24) is 0 Å². The van der Waals surface area contributed by atoms with Crippen molar-refractivity contribution in [2.75, 3.05) is 14.2 Å². The van der Waals surface area contributed by atoms with Gasteiger partial charge in [0, 0.05) is 19.4 Å². The van der Waals surface area contributed by atoms with E-state index in [2.05, 4.69) is 0 Å². The third-order valence-electron chi connectivity index (χ3n) is 1.45. The second-order valence-corrected chi connectivity index (χ2v) is 4.32. The third kappa shape index (κ3) is 4.21. The molecule has 0 aromatic rings. The number of aliphatic carboxylic acids is 1. The topological polar surface area (TPSA) is 58.6 Å². The molecular formula is C8H14O4Si-. The number of hydrogen-bond acceptors (Lipinski definition) is 4. The van der Waals surface area contributed by atoms with Crippen molar-refractivity contribution in [2.24, 2.45) is 0 Å². The Labute approximate surface area is 80.0 Å². The van der Waals surface area contributed by atoms with Crippen LogP contribution < -0.4 is 5.11 Å². The van der Waals surface area contributed by atoms with Gasteiger partial charge >= 0.3 is 9.28 Å². The molecule has 0 rings (SSSR count). The van der Waals surface area contributed by atoms with E-state index in [4.69, 9.17) is 8.85 Å². The molecular weight excluding hydrogens is 188 g/mol. The van der Waals surface area contributed by atoms with Crippen LogP contribution in [0.5, 0.6) is 0 Å². The normalized spacial score (nSPS) is 12.2. The molecule has 0 aliphatic rings. The molecule has 0 atom stereocenters. The lowest BCUT2D eigenvalue weighted by molar-refractivity contribution is -0.298. The van der Waals surface area contributed by atoms with Crippen molar-refractivity contribution in [3.8, 4) is 0 Å². The zero-order valence-corrected chi connectivity index (χ0v) is 9.12. The Balaban J connectivity index is 4.47.